The summed E-state index contributed by atoms with van der Waals surface area (Å²) in [6.07, 6.45) is 1.61. The molecule has 2 aromatic heterocycles. The summed E-state index contributed by atoms with van der Waals surface area (Å²) >= 11 is 0. The molecule has 2 heterocycles. The van der Waals surface area contributed by atoms with E-state index in [1.807, 2.05) is 43.3 Å². The molecule has 1 aromatic carbocycles. The maximum atomic E-state index is 12.4. The number of aromatic nitrogens is 2. The zero-order chi connectivity index (χ0) is 16.9. The number of anilines is 2. The molecule has 0 fully saturated rings. The summed E-state index contributed by atoms with van der Waals surface area (Å²) in [7, 11) is 0. The average Bonchev–Trinajstić information content (AvgIpc) is 3.06. The highest BCUT2D eigenvalue weighted by Crippen LogP contribution is 2.13. The van der Waals surface area contributed by atoms with E-state index in [1.54, 1.807) is 19.3 Å². The van der Waals surface area contributed by atoms with Crippen LogP contribution in [0.5, 0.6) is 0 Å². The lowest BCUT2D eigenvalue weighted by Crippen LogP contribution is -2.15. The molecular formula is C18H18N4O2. The molecule has 0 aliphatic rings. The number of nitrogens with zero attached hydrogens (tertiary/aromatic N) is 2. The monoisotopic (exact) mass is 322 g/mol. The molecule has 0 aliphatic heterocycles. The van der Waals surface area contributed by atoms with Crippen molar-refractivity contribution < 1.29 is 9.21 Å². The minimum absolute atomic E-state index is 0.271. The molecule has 2 N–H and O–H groups in total. The number of hydrogen-bond donors (Lipinski definition) is 2. The summed E-state index contributed by atoms with van der Waals surface area (Å²) < 4.78 is 5.27. The number of benzene rings is 1. The van der Waals surface area contributed by atoms with E-state index in [9.17, 15) is 4.79 Å². The van der Waals surface area contributed by atoms with Crippen molar-refractivity contribution in [1.29, 1.82) is 0 Å². The Morgan fingerprint density at radius 2 is 2.00 bits per heavy atom. The molecule has 0 unspecified atom stereocenters. The number of carbonyl (C=O) groups is 1. The molecule has 6 nitrogen and oxygen atoms in total. The minimum Gasteiger partial charge on any atom is -0.467 e. The van der Waals surface area contributed by atoms with Crippen LogP contribution in [0.15, 0.2) is 53.1 Å². The van der Waals surface area contributed by atoms with Crippen LogP contribution >= 0.6 is 0 Å². The number of nitrogens with one attached hydrogen (secondary N) is 2. The van der Waals surface area contributed by atoms with E-state index in [0.29, 0.717) is 23.9 Å². The molecule has 3 rings (SSSR count). The maximum absolute atomic E-state index is 12.4. The third-order valence-electron chi connectivity index (χ3n) is 3.37. The van der Waals surface area contributed by atoms with Gasteiger partial charge in [0.05, 0.1) is 12.8 Å². The summed E-state index contributed by atoms with van der Waals surface area (Å²) in [4.78, 5) is 20.9. The van der Waals surface area contributed by atoms with Gasteiger partial charge in [0.25, 0.3) is 5.91 Å². The van der Waals surface area contributed by atoms with E-state index in [-0.39, 0.29) is 5.91 Å². The van der Waals surface area contributed by atoms with Crippen molar-refractivity contribution in [3.05, 3.63) is 71.6 Å². The Morgan fingerprint density at radius 3 is 2.75 bits per heavy atom. The van der Waals surface area contributed by atoms with Gasteiger partial charge in [-0.25, -0.2) is 9.97 Å². The third-order valence-corrected chi connectivity index (χ3v) is 3.37. The highest BCUT2D eigenvalue weighted by molar-refractivity contribution is 6.03. The van der Waals surface area contributed by atoms with Gasteiger partial charge in [-0.2, -0.15) is 0 Å². The average molecular weight is 322 g/mol. The molecular weight excluding hydrogens is 304 g/mol. The highest BCUT2D eigenvalue weighted by atomic mass is 16.3. The first-order chi connectivity index (χ1) is 11.6. The second-order valence-corrected chi connectivity index (χ2v) is 5.44. The largest absolute Gasteiger partial charge is 0.467 e. The first kappa shape index (κ1) is 15.7. The molecule has 122 valence electrons. The van der Waals surface area contributed by atoms with Crippen LogP contribution in [0, 0.1) is 13.8 Å². The zero-order valence-electron chi connectivity index (χ0n) is 13.5. The number of rotatable bonds is 5. The predicted molar refractivity (Wildman–Crippen MR) is 91.9 cm³/mol. The Kier molecular flexibility index (Phi) is 4.56. The summed E-state index contributed by atoms with van der Waals surface area (Å²) in [6, 6.07) is 12.9. The van der Waals surface area contributed by atoms with Crippen LogP contribution in [0.2, 0.25) is 0 Å². The Labute approximate surface area is 140 Å². The fraction of sp³-hybridized carbons (Fsp3) is 0.167. The van der Waals surface area contributed by atoms with E-state index >= 15 is 0 Å². The van der Waals surface area contributed by atoms with Gasteiger partial charge in [-0.05, 0) is 43.7 Å². The molecule has 0 spiro atoms. The van der Waals surface area contributed by atoms with Crippen molar-refractivity contribution >= 4 is 17.4 Å². The van der Waals surface area contributed by atoms with Crippen LogP contribution in [0.1, 0.15) is 27.6 Å². The summed E-state index contributed by atoms with van der Waals surface area (Å²) in [5.74, 6) is 1.62. The summed E-state index contributed by atoms with van der Waals surface area (Å²) in [5, 5.41) is 5.98. The van der Waals surface area contributed by atoms with E-state index in [2.05, 4.69) is 20.6 Å². The molecule has 3 aromatic rings. The normalized spacial score (nSPS) is 10.4. The lowest BCUT2D eigenvalue weighted by molar-refractivity contribution is 0.102. The zero-order valence-corrected chi connectivity index (χ0v) is 13.5. The molecule has 0 aliphatic carbocycles. The Bertz CT molecular complexity index is 844. The van der Waals surface area contributed by atoms with Crippen LogP contribution in [0.25, 0.3) is 0 Å². The summed E-state index contributed by atoms with van der Waals surface area (Å²) in [6.45, 7) is 4.21. The molecule has 0 atom stereocenters. The Morgan fingerprint density at radius 1 is 1.12 bits per heavy atom. The van der Waals surface area contributed by atoms with Crippen LogP contribution < -0.4 is 10.6 Å². The standard InChI is InChI=1S/C18H18N4O2/c1-12-5-3-6-14(9-12)22-18(23)16-10-17(21-13(2)20-16)19-11-15-7-4-8-24-15/h3-10H,11H2,1-2H3,(H,22,23)(H,19,20,21). The van der Waals surface area contributed by atoms with Gasteiger partial charge in [0.15, 0.2) is 0 Å². The number of amides is 1. The molecule has 1 amide bonds. The third kappa shape index (κ3) is 3.98. The van der Waals surface area contributed by atoms with Gasteiger partial charge < -0.3 is 15.1 Å². The minimum atomic E-state index is -0.271. The number of furan rings is 1. The van der Waals surface area contributed by atoms with E-state index in [1.165, 1.54) is 0 Å². The first-order valence-electron chi connectivity index (χ1n) is 7.60. The van der Waals surface area contributed by atoms with Crippen LogP contribution in [0.4, 0.5) is 11.5 Å². The maximum Gasteiger partial charge on any atom is 0.274 e. The van der Waals surface area contributed by atoms with Gasteiger partial charge in [0.1, 0.15) is 23.1 Å². The second-order valence-electron chi connectivity index (χ2n) is 5.44. The van der Waals surface area contributed by atoms with Gasteiger partial charge in [-0.1, -0.05) is 12.1 Å². The van der Waals surface area contributed by atoms with Crippen LogP contribution in [0.3, 0.4) is 0 Å². The lowest BCUT2D eigenvalue weighted by Gasteiger charge is -2.09. The highest BCUT2D eigenvalue weighted by Gasteiger charge is 2.11. The Hall–Kier alpha value is -3.15. The molecule has 24 heavy (non-hydrogen) atoms. The second kappa shape index (κ2) is 6.95. The number of carbonyl (C=O) groups excluding carboxylic acids is 1. The molecule has 6 heteroatoms. The Balaban J connectivity index is 1.73. The number of hydrogen-bond acceptors (Lipinski definition) is 5. The van der Waals surface area contributed by atoms with Crippen molar-refractivity contribution in [1.82, 2.24) is 9.97 Å². The fourth-order valence-electron chi connectivity index (χ4n) is 2.28. The number of aryl methyl sites for hydroxylation is 2. The molecule has 0 saturated heterocycles. The van der Waals surface area contributed by atoms with Crippen molar-refractivity contribution in [2.24, 2.45) is 0 Å². The van der Waals surface area contributed by atoms with Crippen molar-refractivity contribution in [2.45, 2.75) is 20.4 Å². The molecule has 0 saturated carbocycles. The summed E-state index contributed by atoms with van der Waals surface area (Å²) in [5.41, 5.74) is 2.12. The topological polar surface area (TPSA) is 80.0 Å². The SMILES string of the molecule is Cc1cccc(NC(=O)c2cc(NCc3ccco3)nc(C)n2)c1. The van der Waals surface area contributed by atoms with Crippen molar-refractivity contribution in [3.63, 3.8) is 0 Å². The van der Waals surface area contributed by atoms with Crippen molar-refractivity contribution in [2.75, 3.05) is 10.6 Å². The van der Waals surface area contributed by atoms with E-state index < -0.39 is 0 Å². The van der Waals surface area contributed by atoms with Gasteiger partial charge in [-0.3, -0.25) is 4.79 Å². The molecule has 0 radical (unpaired) electrons. The molecule has 0 bridgehead atoms. The van der Waals surface area contributed by atoms with E-state index in [4.69, 9.17) is 4.42 Å². The van der Waals surface area contributed by atoms with Crippen LogP contribution in [-0.2, 0) is 6.54 Å². The quantitative estimate of drug-likeness (QED) is 0.751. The lowest BCUT2D eigenvalue weighted by atomic mass is 10.2. The smallest absolute Gasteiger partial charge is 0.274 e. The fourth-order valence-corrected chi connectivity index (χ4v) is 2.28. The van der Waals surface area contributed by atoms with Crippen LogP contribution in [-0.4, -0.2) is 15.9 Å². The van der Waals surface area contributed by atoms with Gasteiger partial charge in [0, 0.05) is 11.8 Å². The van der Waals surface area contributed by atoms with Gasteiger partial charge in [-0.15, -0.1) is 0 Å². The van der Waals surface area contributed by atoms with Gasteiger partial charge >= 0.3 is 0 Å². The van der Waals surface area contributed by atoms with E-state index in [0.717, 1.165) is 17.0 Å². The van der Waals surface area contributed by atoms with Gasteiger partial charge in [0.2, 0.25) is 0 Å². The van der Waals surface area contributed by atoms with Crippen molar-refractivity contribution in [3.8, 4) is 0 Å². The first-order valence-corrected chi connectivity index (χ1v) is 7.60. The predicted octanol–water partition coefficient (Wildman–Crippen LogP) is 3.55.